The first-order valence-electron chi connectivity index (χ1n) is 5.29. The SMILES string of the molecule is Cc1ccc(C(=O)Nc2ccc([N+](=O)[O-])cc2Cl)o1. The molecule has 1 aromatic carbocycles. The summed E-state index contributed by atoms with van der Waals surface area (Å²) in [4.78, 5) is 21.8. The van der Waals surface area contributed by atoms with Crippen molar-refractivity contribution in [3.05, 3.63) is 57.0 Å². The number of hydrogen-bond acceptors (Lipinski definition) is 4. The lowest BCUT2D eigenvalue weighted by molar-refractivity contribution is -0.384. The highest BCUT2D eigenvalue weighted by molar-refractivity contribution is 6.34. The third-order valence-electron chi connectivity index (χ3n) is 2.38. The van der Waals surface area contributed by atoms with Crippen molar-refractivity contribution in [3.8, 4) is 0 Å². The molecule has 0 aliphatic rings. The number of aryl methyl sites for hydroxylation is 1. The molecule has 0 atom stereocenters. The Labute approximate surface area is 113 Å². The van der Waals surface area contributed by atoms with E-state index in [-0.39, 0.29) is 22.2 Å². The molecule has 19 heavy (non-hydrogen) atoms. The Hall–Kier alpha value is -2.34. The minimum Gasteiger partial charge on any atom is -0.456 e. The number of benzene rings is 1. The zero-order chi connectivity index (χ0) is 14.0. The van der Waals surface area contributed by atoms with E-state index in [9.17, 15) is 14.9 Å². The number of hydrogen-bond donors (Lipinski definition) is 1. The van der Waals surface area contributed by atoms with E-state index in [2.05, 4.69) is 5.32 Å². The highest BCUT2D eigenvalue weighted by Gasteiger charge is 2.14. The van der Waals surface area contributed by atoms with Gasteiger partial charge in [0.2, 0.25) is 0 Å². The van der Waals surface area contributed by atoms with Gasteiger partial charge in [0.05, 0.1) is 15.6 Å². The average molecular weight is 281 g/mol. The van der Waals surface area contributed by atoms with Gasteiger partial charge in [-0.1, -0.05) is 11.6 Å². The molecule has 7 heteroatoms. The van der Waals surface area contributed by atoms with Gasteiger partial charge < -0.3 is 9.73 Å². The maximum atomic E-state index is 11.8. The van der Waals surface area contributed by atoms with E-state index < -0.39 is 10.8 Å². The number of non-ortho nitro benzene ring substituents is 1. The van der Waals surface area contributed by atoms with Crippen LogP contribution in [0.1, 0.15) is 16.3 Å². The number of nitro groups is 1. The van der Waals surface area contributed by atoms with E-state index in [0.717, 1.165) is 0 Å². The van der Waals surface area contributed by atoms with Crippen LogP contribution in [-0.4, -0.2) is 10.8 Å². The monoisotopic (exact) mass is 280 g/mol. The number of anilines is 1. The third kappa shape index (κ3) is 2.92. The second kappa shape index (κ2) is 5.11. The summed E-state index contributed by atoms with van der Waals surface area (Å²) in [7, 11) is 0. The normalized spacial score (nSPS) is 10.2. The molecule has 0 fully saturated rings. The Morgan fingerprint density at radius 1 is 1.37 bits per heavy atom. The molecule has 6 nitrogen and oxygen atoms in total. The number of nitrogens with one attached hydrogen (secondary N) is 1. The van der Waals surface area contributed by atoms with Crippen LogP contribution in [0.25, 0.3) is 0 Å². The summed E-state index contributed by atoms with van der Waals surface area (Å²) in [6.07, 6.45) is 0. The number of carbonyl (C=O) groups is 1. The van der Waals surface area contributed by atoms with E-state index in [1.807, 2.05) is 0 Å². The third-order valence-corrected chi connectivity index (χ3v) is 2.69. The predicted octanol–water partition coefficient (Wildman–Crippen LogP) is 3.40. The molecule has 2 rings (SSSR count). The summed E-state index contributed by atoms with van der Waals surface area (Å²) in [5.74, 6) is 0.288. The van der Waals surface area contributed by atoms with Gasteiger partial charge in [-0.3, -0.25) is 14.9 Å². The van der Waals surface area contributed by atoms with Crippen molar-refractivity contribution in [1.29, 1.82) is 0 Å². The van der Waals surface area contributed by atoms with E-state index in [4.69, 9.17) is 16.0 Å². The fourth-order valence-electron chi connectivity index (χ4n) is 1.46. The Balaban J connectivity index is 2.20. The first-order valence-corrected chi connectivity index (χ1v) is 5.67. The zero-order valence-electron chi connectivity index (χ0n) is 9.84. The van der Waals surface area contributed by atoms with Gasteiger partial charge >= 0.3 is 0 Å². The molecular formula is C12H9ClN2O4. The molecule has 0 bridgehead atoms. The van der Waals surface area contributed by atoms with Crippen LogP contribution in [-0.2, 0) is 0 Å². The molecule has 0 saturated carbocycles. The molecule has 1 N–H and O–H groups in total. The molecule has 0 saturated heterocycles. The number of furan rings is 1. The molecule has 0 radical (unpaired) electrons. The second-order valence-corrected chi connectivity index (χ2v) is 4.19. The van der Waals surface area contributed by atoms with Gasteiger partial charge in [-0.05, 0) is 25.1 Å². The minimum absolute atomic E-state index is 0.0887. The summed E-state index contributed by atoms with van der Waals surface area (Å²) in [6.45, 7) is 1.72. The Bertz CT molecular complexity index is 651. The standard InChI is InChI=1S/C12H9ClN2O4/c1-7-2-5-11(19-7)12(16)14-10-4-3-8(15(17)18)6-9(10)13/h2-6H,1H3,(H,14,16). The van der Waals surface area contributed by atoms with Crippen molar-refractivity contribution >= 4 is 28.9 Å². The van der Waals surface area contributed by atoms with Crippen LogP contribution in [0.2, 0.25) is 5.02 Å². The van der Waals surface area contributed by atoms with Crippen LogP contribution < -0.4 is 5.32 Å². The fourth-order valence-corrected chi connectivity index (χ4v) is 1.68. The molecular weight excluding hydrogens is 272 g/mol. The summed E-state index contributed by atoms with van der Waals surface area (Å²) in [5.41, 5.74) is 0.142. The fraction of sp³-hybridized carbons (Fsp3) is 0.0833. The lowest BCUT2D eigenvalue weighted by atomic mass is 10.2. The molecule has 0 aliphatic carbocycles. The number of amides is 1. The van der Waals surface area contributed by atoms with Crippen LogP contribution in [0.15, 0.2) is 34.7 Å². The zero-order valence-corrected chi connectivity index (χ0v) is 10.6. The molecule has 0 aliphatic heterocycles. The largest absolute Gasteiger partial charge is 0.456 e. The molecule has 0 unspecified atom stereocenters. The first-order chi connectivity index (χ1) is 8.97. The number of rotatable bonds is 3. The van der Waals surface area contributed by atoms with E-state index in [0.29, 0.717) is 5.76 Å². The minimum atomic E-state index is -0.562. The average Bonchev–Trinajstić information content (AvgIpc) is 2.78. The van der Waals surface area contributed by atoms with Crippen molar-refractivity contribution in [1.82, 2.24) is 0 Å². The van der Waals surface area contributed by atoms with Crippen molar-refractivity contribution in [2.24, 2.45) is 0 Å². The topological polar surface area (TPSA) is 85.4 Å². The van der Waals surface area contributed by atoms with Gasteiger partial charge in [-0.2, -0.15) is 0 Å². The number of nitro benzene ring substituents is 1. The molecule has 2 aromatic rings. The molecule has 1 heterocycles. The van der Waals surface area contributed by atoms with Gasteiger partial charge in [0, 0.05) is 12.1 Å². The molecule has 1 aromatic heterocycles. The lowest BCUT2D eigenvalue weighted by Gasteiger charge is -2.05. The van der Waals surface area contributed by atoms with Gasteiger partial charge in [0.15, 0.2) is 5.76 Å². The van der Waals surface area contributed by atoms with Crippen molar-refractivity contribution < 1.29 is 14.1 Å². The second-order valence-electron chi connectivity index (χ2n) is 3.79. The summed E-state index contributed by atoms with van der Waals surface area (Å²) in [5, 5.41) is 13.2. The van der Waals surface area contributed by atoms with Crippen LogP contribution in [0.4, 0.5) is 11.4 Å². The van der Waals surface area contributed by atoms with E-state index in [1.165, 1.54) is 24.3 Å². The van der Waals surface area contributed by atoms with Gasteiger partial charge in [0.25, 0.3) is 11.6 Å². The Morgan fingerprint density at radius 2 is 2.11 bits per heavy atom. The van der Waals surface area contributed by atoms with Crippen molar-refractivity contribution in [2.75, 3.05) is 5.32 Å². The van der Waals surface area contributed by atoms with E-state index >= 15 is 0 Å². The predicted molar refractivity (Wildman–Crippen MR) is 69.5 cm³/mol. The van der Waals surface area contributed by atoms with E-state index in [1.54, 1.807) is 13.0 Å². The van der Waals surface area contributed by atoms with Crippen LogP contribution in [0.5, 0.6) is 0 Å². The van der Waals surface area contributed by atoms with Gasteiger partial charge in [-0.15, -0.1) is 0 Å². The number of halogens is 1. The van der Waals surface area contributed by atoms with Crippen LogP contribution in [0, 0.1) is 17.0 Å². The lowest BCUT2D eigenvalue weighted by Crippen LogP contribution is -2.11. The van der Waals surface area contributed by atoms with Gasteiger partial charge in [-0.25, -0.2) is 0 Å². The molecule has 98 valence electrons. The number of nitrogens with zero attached hydrogens (tertiary/aromatic N) is 1. The Kier molecular flexibility index (Phi) is 3.52. The van der Waals surface area contributed by atoms with Crippen molar-refractivity contribution in [3.63, 3.8) is 0 Å². The summed E-state index contributed by atoms with van der Waals surface area (Å²) >= 11 is 5.86. The van der Waals surface area contributed by atoms with Crippen molar-refractivity contribution in [2.45, 2.75) is 6.92 Å². The Morgan fingerprint density at radius 3 is 2.63 bits per heavy atom. The maximum absolute atomic E-state index is 11.8. The van der Waals surface area contributed by atoms with Crippen LogP contribution in [0.3, 0.4) is 0 Å². The molecule has 1 amide bonds. The number of carbonyl (C=O) groups excluding carboxylic acids is 1. The quantitative estimate of drug-likeness (QED) is 0.689. The molecule has 0 spiro atoms. The maximum Gasteiger partial charge on any atom is 0.291 e. The van der Waals surface area contributed by atoms with Crippen LogP contribution >= 0.6 is 11.6 Å². The summed E-state index contributed by atoms with van der Waals surface area (Å²) in [6, 6.07) is 6.99. The van der Waals surface area contributed by atoms with Gasteiger partial charge in [0.1, 0.15) is 5.76 Å². The highest BCUT2D eigenvalue weighted by Crippen LogP contribution is 2.27. The summed E-state index contributed by atoms with van der Waals surface area (Å²) < 4.78 is 5.16. The smallest absolute Gasteiger partial charge is 0.291 e. The first kappa shape index (κ1) is 13.1. The highest BCUT2D eigenvalue weighted by atomic mass is 35.5.